The van der Waals surface area contributed by atoms with Crippen LogP contribution >= 0.6 is 0 Å². The largest absolute Gasteiger partial charge is 0.341 e. The number of carbonyl (C=O) groups excluding carboxylic acids is 1. The zero-order valence-corrected chi connectivity index (χ0v) is 13.9. The van der Waals surface area contributed by atoms with E-state index >= 15 is 0 Å². The minimum Gasteiger partial charge on any atom is -0.341 e. The summed E-state index contributed by atoms with van der Waals surface area (Å²) in [6.45, 7) is 5.64. The first kappa shape index (κ1) is 17.0. The number of hydrogen-bond donors (Lipinski definition) is 1. The molecule has 1 saturated heterocycles. The number of aryl methyl sites for hydroxylation is 1. The van der Waals surface area contributed by atoms with Crippen molar-refractivity contribution in [1.29, 1.82) is 0 Å². The summed E-state index contributed by atoms with van der Waals surface area (Å²) < 4.78 is 0. The Balaban J connectivity index is 1.76. The van der Waals surface area contributed by atoms with Crippen molar-refractivity contribution >= 4 is 5.91 Å². The number of likely N-dealkylation sites (tertiary alicyclic amines) is 1. The molecule has 22 heavy (non-hydrogen) atoms. The van der Waals surface area contributed by atoms with Crippen molar-refractivity contribution in [1.82, 2.24) is 9.80 Å². The van der Waals surface area contributed by atoms with Crippen LogP contribution in [0.15, 0.2) is 24.3 Å². The van der Waals surface area contributed by atoms with Gasteiger partial charge in [-0.1, -0.05) is 24.3 Å². The maximum absolute atomic E-state index is 12.3. The second-order valence-corrected chi connectivity index (χ2v) is 6.45. The quantitative estimate of drug-likeness (QED) is 0.876. The van der Waals surface area contributed by atoms with Crippen molar-refractivity contribution in [2.75, 3.05) is 26.7 Å². The molecule has 1 unspecified atom stereocenters. The molecule has 0 radical (unpaired) electrons. The van der Waals surface area contributed by atoms with E-state index < -0.39 is 0 Å². The summed E-state index contributed by atoms with van der Waals surface area (Å²) in [4.78, 5) is 16.5. The average Bonchev–Trinajstić information content (AvgIpc) is 2.55. The second-order valence-electron chi connectivity index (χ2n) is 6.45. The molecule has 0 aliphatic carbocycles. The van der Waals surface area contributed by atoms with Crippen molar-refractivity contribution in [3.05, 3.63) is 35.4 Å². The van der Waals surface area contributed by atoms with E-state index in [1.807, 2.05) is 4.90 Å². The van der Waals surface area contributed by atoms with Crippen LogP contribution in [0.4, 0.5) is 0 Å². The molecule has 4 heteroatoms. The van der Waals surface area contributed by atoms with Crippen molar-refractivity contribution in [3.8, 4) is 0 Å². The maximum Gasteiger partial charge on any atom is 0.239 e. The van der Waals surface area contributed by atoms with E-state index in [1.165, 1.54) is 17.5 Å². The van der Waals surface area contributed by atoms with Crippen LogP contribution in [0.1, 0.15) is 36.8 Å². The van der Waals surface area contributed by atoms with Gasteiger partial charge in [-0.15, -0.1) is 0 Å². The van der Waals surface area contributed by atoms with Gasteiger partial charge < -0.3 is 15.5 Å². The molecule has 0 spiro atoms. The van der Waals surface area contributed by atoms with E-state index in [2.05, 4.69) is 43.1 Å². The van der Waals surface area contributed by atoms with Gasteiger partial charge in [0.15, 0.2) is 0 Å². The highest BCUT2D eigenvalue weighted by molar-refractivity contribution is 5.81. The highest BCUT2D eigenvalue weighted by atomic mass is 16.2. The van der Waals surface area contributed by atoms with Crippen molar-refractivity contribution in [2.45, 2.75) is 45.2 Å². The number of benzene rings is 1. The van der Waals surface area contributed by atoms with Crippen LogP contribution < -0.4 is 5.73 Å². The van der Waals surface area contributed by atoms with Crippen LogP contribution in [-0.2, 0) is 11.3 Å². The lowest BCUT2D eigenvalue weighted by atomic mass is 10.1. The number of amides is 1. The van der Waals surface area contributed by atoms with Gasteiger partial charge in [0.05, 0.1) is 6.04 Å². The Kier molecular flexibility index (Phi) is 6.40. The van der Waals surface area contributed by atoms with E-state index in [0.29, 0.717) is 0 Å². The summed E-state index contributed by atoms with van der Waals surface area (Å²) in [5, 5.41) is 0. The minimum atomic E-state index is -0.363. The smallest absolute Gasteiger partial charge is 0.239 e. The summed E-state index contributed by atoms with van der Waals surface area (Å²) in [7, 11) is 2.09. The first-order valence-electron chi connectivity index (χ1n) is 8.35. The molecule has 1 aliphatic rings. The van der Waals surface area contributed by atoms with E-state index in [-0.39, 0.29) is 11.9 Å². The molecule has 1 aromatic carbocycles. The molecular weight excluding hydrogens is 274 g/mol. The van der Waals surface area contributed by atoms with Gasteiger partial charge >= 0.3 is 0 Å². The highest BCUT2D eigenvalue weighted by Gasteiger charge is 2.22. The summed E-state index contributed by atoms with van der Waals surface area (Å²) in [6, 6.07) is 8.06. The van der Waals surface area contributed by atoms with Gasteiger partial charge in [0.1, 0.15) is 0 Å². The Morgan fingerprint density at radius 2 is 1.95 bits per heavy atom. The zero-order valence-electron chi connectivity index (χ0n) is 13.9. The average molecular weight is 303 g/mol. The Hall–Kier alpha value is -1.39. The van der Waals surface area contributed by atoms with Crippen LogP contribution in [0, 0.1) is 6.92 Å². The molecule has 2 rings (SSSR count). The van der Waals surface area contributed by atoms with Crippen molar-refractivity contribution in [2.24, 2.45) is 5.73 Å². The number of hydrogen-bond acceptors (Lipinski definition) is 3. The van der Waals surface area contributed by atoms with Gasteiger partial charge in [-0.05, 0) is 50.8 Å². The van der Waals surface area contributed by atoms with E-state index in [0.717, 1.165) is 45.4 Å². The van der Waals surface area contributed by atoms with Gasteiger partial charge in [-0.2, -0.15) is 0 Å². The minimum absolute atomic E-state index is 0.129. The van der Waals surface area contributed by atoms with Crippen LogP contribution in [0.5, 0.6) is 0 Å². The SMILES string of the molecule is Cc1ccccc1CN(C)CCC(N)C(=O)N1CCCCC1. The molecule has 0 bridgehead atoms. The monoisotopic (exact) mass is 303 g/mol. The molecule has 1 aromatic rings. The Morgan fingerprint density at radius 3 is 2.64 bits per heavy atom. The predicted molar refractivity (Wildman–Crippen MR) is 90.5 cm³/mol. The van der Waals surface area contributed by atoms with Crippen molar-refractivity contribution in [3.63, 3.8) is 0 Å². The third-order valence-electron chi connectivity index (χ3n) is 4.51. The van der Waals surface area contributed by atoms with Crippen LogP contribution in [0.3, 0.4) is 0 Å². The van der Waals surface area contributed by atoms with Crippen LogP contribution in [-0.4, -0.2) is 48.4 Å². The highest BCUT2D eigenvalue weighted by Crippen LogP contribution is 2.12. The first-order chi connectivity index (χ1) is 10.6. The van der Waals surface area contributed by atoms with Gasteiger partial charge in [-0.3, -0.25) is 4.79 Å². The van der Waals surface area contributed by atoms with Gasteiger partial charge in [0.25, 0.3) is 0 Å². The normalized spacial score (nSPS) is 16.8. The van der Waals surface area contributed by atoms with E-state index in [1.54, 1.807) is 0 Å². The molecule has 1 atom stereocenters. The molecule has 1 heterocycles. The zero-order chi connectivity index (χ0) is 15.9. The Morgan fingerprint density at radius 1 is 1.27 bits per heavy atom. The molecule has 1 amide bonds. The number of carbonyl (C=O) groups is 1. The topological polar surface area (TPSA) is 49.6 Å². The molecule has 122 valence electrons. The predicted octanol–water partition coefficient (Wildman–Crippen LogP) is 2.16. The van der Waals surface area contributed by atoms with Gasteiger partial charge in [0.2, 0.25) is 5.91 Å². The molecule has 2 N–H and O–H groups in total. The van der Waals surface area contributed by atoms with E-state index in [9.17, 15) is 4.79 Å². The summed E-state index contributed by atoms with van der Waals surface area (Å²) >= 11 is 0. The Bertz CT molecular complexity index is 483. The summed E-state index contributed by atoms with van der Waals surface area (Å²) in [5.74, 6) is 0.129. The third kappa shape index (κ3) is 4.82. The standard InChI is InChI=1S/C18H29N3O/c1-15-8-4-5-9-16(15)14-20(2)13-10-17(19)18(22)21-11-6-3-7-12-21/h4-5,8-9,17H,3,6-7,10-14,19H2,1-2H3. The molecule has 0 aromatic heterocycles. The fraction of sp³-hybridized carbons (Fsp3) is 0.611. The summed E-state index contributed by atoms with van der Waals surface area (Å²) in [5.41, 5.74) is 8.74. The van der Waals surface area contributed by atoms with Gasteiger partial charge in [0, 0.05) is 26.2 Å². The van der Waals surface area contributed by atoms with E-state index in [4.69, 9.17) is 5.73 Å². The maximum atomic E-state index is 12.3. The number of piperidine rings is 1. The summed E-state index contributed by atoms with van der Waals surface area (Å²) in [6.07, 6.45) is 4.19. The molecule has 1 aliphatic heterocycles. The number of nitrogens with two attached hydrogens (primary N) is 1. The molecular formula is C18H29N3O. The fourth-order valence-corrected chi connectivity index (χ4v) is 2.99. The van der Waals surface area contributed by atoms with Crippen molar-refractivity contribution < 1.29 is 4.79 Å². The fourth-order valence-electron chi connectivity index (χ4n) is 2.99. The lowest BCUT2D eigenvalue weighted by Crippen LogP contribution is -2.47. The second kappa shape index (κ2) is 8.30. The number of rotatable bonds is 6. The van der Waals surface area contributed by atoms with Crippen LogP contribution in [0.2, 0.25) is 0 Å². The third-order valence-corrected chi connectivity index (χ3v) is 4.51. The lowest BCUT2D eigenvalue weighted by molar-refractivity contribution is -0.133. The molecule has 1 fully saturated rings. The van der Waals surface area contributed by atoms with Crippen LogP contribution in [0.25, 0.3) is 0 Å². The lowest BCUT2D eigenvalue weighted by Gasteiger charge is -2.29. The van der Waals surface area contributed by atoms with Gasteiger partial charge in [-0.25, -0.2) is 0 Å². The Labute approximate surface area is 134 Å². The molecule has 0 saturated carbocycles. The first-order valence-corrected chi connectivity index (χ1v) is 8.35. The number of nitrogens with zero attached hydrogens (tertiary/aromatic N) is 2. The molecule has 4 nitrogen and oxygen atoms in total.